The van der Waals surface area contributed by atoms with Crippen LogP contribution >= 0.6 is 34.5 Å². The van der Waals surface area contributed by atoms with Gasteiger partial charge in [0, 0.05) is 24.5 Å². The highest BCUT2D eigenvalue weighted by Gasteiger charge is 2.15. The van der Waals surface area contributed by atoms with Crippen molar-refractivity contribution in [2.24, 2.45) is 0 Å². The number of hydrogen-bond donors (Lipinski definition) is 1. The summed E-state index contributed by atoms with van der Waals surface area (Å²) < 4.78 is 26.4. The molecule has 0 radical (unpaired) electrons. The van der Waals surface area contributed by atoms with Gasteiger partial charge >= 0.3 is 0 Å². The Morgan fingerprint density at radius 1 is 1.32 bits per heavy atom. The second-order valence-corrected chi connectivity index (χ2v) is 6.82. The summed E-state index contributed by atoms with van der Waals surface area (Å²) in [5.41, 5.74) is 2.55. The SMILES string of the molecule is O=S(=O)(NCCc1cscn1)c1cnc(Cl)c(Cl)c1. The van der Waals surface area contributed by atoms with Crippen LogP contribution in [0, 0.1) is 0 Å². The minimum absolute atomic E-state index is 0.0137. The Labute approximate surface area is 124 Å². The minimum Gasteiger partial charge on any atom is -0.250 e. The predicted octanol–water partition coefficient (Wildman–Crippen LogP) is 2.37. The summed E-state index contributed by atoms with van der Waals surface area (Å²) >= 11 is 12.8. The lowest BCUT2D eigenvalue weighted by Gasteiger charge is -2.06. The van der Waals surface area contributed by atoms with E-state index in [2.05, 4.69) is 14.7 Å². The highest BCUT2D eigenvalue weighted by atomic mass is 35.5. The van der Waals surface area contributed by atoms with E-state index in [1.165, 1.54) is 23.6 Å². The number of thiazole rings is 1. The molecule has 0 aliphatic rings. The zero-order valence-corrected chi connectivity index (χ0v) is 12.7. The predicted molar refractivity (Wildman–Crippen MR) is 75.3 cm³/mol. The second kappa shape index (κ2) is 6.15. The van der Waals surface area contributed by atoms with E-state index < -0.39 is 10.0 Å². The third kappa shape index (κ3) is 3.87. The standard InChI is InChI=1S/C10H9Cl2N3O2S2/c11-9-3-8(4-13-10(9)12)19(16,17)15-2-1-7-5-18-6-14-7/h3-6,15H,1-2H2. The zero-order chi connectivity index (χ0) is 13.9. The van der Waals surface area contributed by atoms with Crippen molar-refractivity contribution < 1.29 is 8.42 Å². The number of halogens is 2. The number of nitrogens with one attached hydrogen (secondary N) is 1. The van der Waals surface area contributed by atoms with Gasteiger partial charge in [-0.1, -0.05) is 23.2 Å². The number of nitrogens with zero attached hydrogens (tertiary/aromatic N) is 2. The lowest BCUT2D eigenvalue weighted by molar-refractivity contribution is 0.581. The molecule has 2 aromatic rings. The smallest absolute Gasteiger partial charge is 0.242 e. The molecule has 0 aromatic carbocycles. The van der Waals surface area contributed by atoms with Crippen LogP contribution in [0.25, 0.3) is 0 Å². The number of rotatable bonds is 5. The zero-order valence-electron chi connectivity index (χ0n) is 9.51. The van der Waals surface area contributed by atoms with E-state index >= 15 is 0 Å². The maximum atomic E-state index is 12.0. The van der Waals surface area contributed by atoms with Crippen LogP contribution in [0.1, 0.15) is 5.69 Å². The molecule has 0 unspecified atom stereocenters. The molecule has 0 bridgehead atoms. The Bertz CT molecular complexity index is 659. The lowest BCUT2D eigenvalue weighted by atomic mass is 10.3. The van der Waals surface area contributed by atoms with E-state index in [-0.39, 0.29) is 21.6 Å². The van der Waals surface area contributed by atoms with Crippen molar-refractivity contribution in [1.82, 2.24) is 14.7 Å². The first-order valence-electron chi connectivity index (χ1n) is 5.17. The van der Waals surface area contributed by atoms with Crippen molar-refractivity contribution >= 4 is 44.6 Å². The first-order valence-corrected chi connectivity index (χ1v) is 8.35. The van der Waals surface area contributed by atoms with Crippen LogP contribution in [0.4, 0.5) is 0 Å². The van der Waals surface area contributed by atoms with Crippen molar-refractivity contribution in [3.63, 3.8) is 0 Å². The molecule has 19 heavy (non-hydrogen) atoms. The van der Waals surface area contributed by atoms with E-state index in [1.54, 1.807) is 5.51 Å². The van der Waals surface area contributed by atoms with Crippen molar-refractivity contribution in [2.45, 2.75) is 11.3 Å². The van der Waals surface area contributed by atoms with E-state index in [4.69, 9.17) is 23.2 Å². The fourth-order valence-corrected chi connectivity index (χ4v) is 3.24. The van der Waals surface area contributed by atoms with Crippen LogP contribution in [-0.2, 0) is 16.4 Å². The molecule has 102 valence electrons. The first kappa shape index (κ1) is 14.7. The van der Waals surface area contributed by atoms with E-state index in [9.17, 15) is 8.42 Å². The van der Waals surface area contributed by atoms with E-state index in [0.717, 1.165) is 5.69 Å². The summed E-state index contributed by atoms with van der Waals surface area (Å²) in [5.74, 6) is 0. The summed E-state index contributed by atoms with van der Waals surface area (Å²) in [5, 5.41) is 2.04. The molecule has 2 heterocycles. The number of sulfonamides is 1. The van der Waals surface area contributed by atoms with Gasteiger partial charge < -0.3 is 0 Å². The molecule has 0 atom stereocenters. The molecule has 0 aliphatic heterocycles. The molecular weight excluding hydrogens is 329 g/mol. The van der Waals surface area contributed by atoms with Gasteiger partial charge in [0.2, 0.25) is 10.0 Å². The van der Waals surface area contributed by atoms with Gasteiger partial charge in [0.15, 0.2) is 0 Å². The quantitative estimate of drug-likeness (QED) is 0.850. The Morgan fingerprint density at radius 3 is 2.74 bits per heavy atom. The van der Waals surface area contributed by atoms with Crippen LogP contribution in [0.3, 0.4) is 0 Å². The maximum absolute atomic E-state index is 12.0. The Morgan fingerprint density at radius 2 is 2.11 bits per heavy atom. The van der Waals surface area contributed by atoms with Gasteiger partial charge in [0.25, 0.3) is 0 Å². The van der Waals surface area contributed by atoms with Crippen LogP contribution < -0.4 is 4.72 Å². The molecule has 0 fully saturated rings. The van der Waals surface area contributed by atoms with Gasteiger partial charge in [-0.15, -0.1) is 11.3 Å². The van der Waals surface area contributed by atoms with Gasteiger partial charge in [-0.25, -0.2) is 23.1 Å². The molecule has 0 saturated carbocycles. The summed E-state index contributed by atoms with van der Waals surface area (Å²) in [4.78, 5) is 7.76. The Kier molecular flexibility index (Phi) is 4.75. The molecule has 0 amide bonds. The summed E-state index contributed by atoms with van der Waals surface area (Å²) in [6.07, 6.45) is 1.69. The van der Waals surface area contributed by atoms with E-state index in [1.807, 2.05) is 5.38 Å². The third-order valence-electron chi connectivity index (χ3n) is 2.24. The highest BCUT2D eigenvalue weighted by molar-refractivity contribution is 7.89. The molecule has 9 heteroatoms. The molecule has 1 N–H and O–H groups in total. The first-order chi connectivity index (χ1) is 8.99. The molecular formula is C10H9Cl2N3O2S2. The number of aromatic nitrogens is 2. The van der Waals surface area contributed by atoms with Crippen LogP contribution in [0.15, 0.2) is 28.0 Å². The van der Waals surface area contributed by atoms with Crippen molar-refractivity contribution in [2.75, 3.05) is 6.54 Å². The average molecular weight is 338 g/mol. The maximum Gasteiger partial charge on any atom is 0.242 e. The minimum atomic E-state index is -3.63. The lowest BCUT2D eigenvalue weighted by Crippen LogP contribution is -2.26. The van der Waals surface area contributed by atoms with Crippen LogP contribution in [-0.4, -0.2) is 24.9 Å². The van der Waals surface area contributed by atoms with Gasteiger partial charge in [-0.2, -0.15) is 0 Å². The van der Waals surface area contributed by atoms with Gasteiger partial charge in [0.05, 0.1) is 16.2 Å². The van der Waals surface area contributed by atoms with Crippen LogP contribution in [0.5, 0.6) is 0 Å². The fourth-order valence-electron chi connectivity index (χ4n) is 1.31. The van der Waals surface area contributed by atoms with Gasteiger partial charge in [-0.05, 0) is 6.07 Å². The highest BCUT2D eigenvalue weighted by Crippen LogP contribution is 2.21. The Balaban J connectivity index is 2.03. The molecule has 2 aromatic heterocycles. The topological polar surface area (TPSA) is 72.0 Å². The average Bonchev–Trinajstić information content (AvgIpc) is 2.85. The Hall–Kier alpha value is -0.730. The summed E-state index contributed by atoms with van der Waals surface area (Å²) in [6, 6.07) is 1.27. The van der Waals surface area contributed by atoms with Crippen molar-refractivity contribution in [3.05, 3.63) is 39.0 Å². The summed E-state index contributed by atoms with van der Waals surface area (Å²) in [7, 11) is -3.63. The van der Waals surface area contributed by atoms with E-state index in [0.29, 0.717) is 6.42 Å². The second-order valence-electron chi connectivity index (χ2n) is 3.57. The molecule has 5 nitrogen and oxygen atoms in total. The molecule has 0 aliphatic carbocycles. The normalized spacial score (nSPS) is 11.7. The van der Waals surface area contributed by atoms with Crippen molar-refractivity contribution in [3.8, 4) is 0 Å². The van der Waals surface area contributed by atoms with Crippen LogP contribution in [0.2, 0.25) is 10.2 Å². The summed E-state index contributed by atoms with van der Waals surface area (Å²) in [6.45, 7) is 0.256. The third-order valence-corrected chi connectivity index (χ3v) is 4.99. The molecule has 2 rings (SSSR count). The van der Waals surface area contributed by atoms with Crippen molar-refractivity contribution in [1.29, 1.82) is 0 Å². The largest absolute Gasteiger partial charge is 0.250 e. The monoisotopic (exact) mass is 337 g/mol. The number of hydrogen-bond acceptors (Lipinski definition) is 5. The molecule has 0 spiro atoms. The fraction of sp³-hybridized carbons (Fsp3) is 0.200. The van der Waals surface area contributed by atoms with Gasteiger partial charge in [0.1, 0.15) is 10.0 Å². The number of pyridine rings is 1. The van der Waals surface area contributed by atoms with Gasteiger partial charge in [-0.3, -0.25) is 0 Å². The molecule has 0 saturated heterocycles.